The van der Waals surface area contributed by atoms with Crippen LogP contribution in [0.3, 0.4) is 0 Å². The second-order valence-electron chi connectivity index (χ2n) is 6.75. The molecule has 0 spiro atoms. The lowest BCUT2D eigenvalue weighted by molar-refractivity contribution is -0.137. The number of nitrogens with one attached hydrogen (secondary N) is 1. The molecular formula is C21H20F3N3O2S. The fourth-order valence-electron chi connectivity index (χ4n) is 2.98. The van der Waals surface area contributed by atoms with E-state index in [0.29, 0.717) is 12.2 Å². The van der Waals surface area contributed by atoms with E-state index in [-0.39, 0.29) is 29.1 Å². The van der Waals surface area contributed by atoms with E-state index in [1.54, 1.807) is 13.0 Å². The zero-order valence-electron chi connectivity index (χ0n) is 16.4. The van der Waals surface area contributed by atoms with Crippen LogP contribution in [0.25, 0.3) is 0 Å². The summed E-state index contributed by atoms with van der Waals surface area (Å²) in [5.74, 6) is -0.601. The van der Waals surface area contributed by atoms with Gasteiger partial charge in [-0.05, 0) is 49.7 Å². The molecule has 5 nitrogen and oxygen atoms in total. The lowest BCUT2D eigenvalue weighted by Gasteiger charge is -2.13. The van der Waals surface area contributed by atoms with Crippen LogP contribution in [0.1, 0.15) is 24.5 Å². The van der Waals surface area contributed by atoms with Crippen molar-refractivity contribution in [3.63, 3.8) is 0 Å². The molecule has 3 rings (SSSR count). The van der Waals surface area contributed by atoms with Gasteiger partial charge in [-0.25, -0.2) is 4.99 Å². The molecule has 2 aromatic rings. The average Bonchev–Trinajstić information content (AvgIpc) is 2.95. The Labute approximate surface area is 176 Å². The normalized spacial score (nSPS) is 18.2. The summed E-state index contributed by atoms with van der Waals surface area (Å²) in [4.78, 5) is 30.7. The number of halogens is 3. The number of amidine groups is 1. The molecule has 158 valence electrons. The molecular weight excluding hydrogens is 415 g/mol. The first-order valence-electron chi connectivity index (χ1n) is 9.28. The van der Waals surface area contributed by atoms with Gasteiger partial charge < -0.3 is 5.32 Å². The van der Waals surface area contributed by atoms with Crippen LogP contribution in [-0.2, 0) is 15.8 Å². The summed E-state index contributed by atoms with van der Waals surface area (Å²) in [5, 5.41) is 2.37. The quantitative estimate of drug-likeness (QED) is 0.720. The summed E-state index contributed by atoms with van der Waals surface area (Å²) < 4.78 is 38.8. The second-order valence-corrected chi connectivity index (χ2v) is 7.92. The lowest BCUT2D eigenvalue weighted by Crippen LogP contribution is -2.33. The summed E-state index contributed by atoms with van der Waals surface area (Å²) in [6, 6.07) is 11.9. The maximum absolute atomic E-state index is 12.9. The zero-order chi connectivity index (χ0) is 21.9. The van der Waals surface area contributed by atoms with E-state index < -0.39 is 17.0 Å². The second kappa shape index (κ2) is 8.91. The largest absolute Gasteiger partial charge is 0.416 e. The van der Waals surface area contributed by atoms with Crippen molar-refractivity contribution >= 4 is 40.1 Å². The van der Waals surface area contributed by atoms with Crippen LogP contribution in [0.2, 0.25) is 0 Å². The Hall–Kier alpha value is -2.81. The van der Waals surface area contributed by atoms with Crippen LogP contribution in [0.5, 0.6) is 0 Å². The topological polar surface area (TPSA) is 61.8 Å². The lowest BCUT2D eigenvalue weighted by atomic mass is 10.2. The van der Waals surface area contributed by atoms with Crippen LogP contribution >= 0.6 is 11.8 Å². The van der Waals surface area contributed by atoms with E-state index in [0.717, 1.165) is 29.5 Å². The Morgan fingerprint density at radius 1 is 1.20 bits per heavy atom. The third kappa shape index (κ3) is 5.21. The number of nitrogens with zero attached hydrogens (tertiary/aromatic N) is 2. The Morgan fingerprint density at radius 3 is 2.60 bits per heavy atom. The van der Waals surface area contributed by atoms with Gasteiger partial charge in [-0.2, -0.15) is 13.2 Å². The summed E-state index contributed by atoms with van der Waals surface area (Å²) in [7, 11) is 0. The highest BCUT2D eigenvalue weighted by Crippen LogP contribution is 2.34. The van der Waals surface area contributed by atoms with E-state index in [2.05, 4.69) is 10.3 Å². The van der Waals surface area contributed by atoms with Crippen molar-refractivity contribution in [1.29, 1.82) is 0 Å². The molecule has 0 bridgehead atoms. The summed E-state index contributed by atoms with van der Waals surface area (Å²) in [6.45, 7) is 3.95. The third-order valence-corrected chi connectivity index (χ3v) is 5.58. The number of hydrogen-bond acceptors (Lipinski definition) is 4. The molecule has 1 atom stereocenters. The Kier molecular flexibility index (Phi) is 6.50. The van der Waals surface area contributed by atoms with Crippen LogP contribution in [0.4, 0.5) is 24.5 Å². The summed E-state index contributed by atoms with van der Waals surface area (Å²) >= 11 is 1.09. The van der Waals surface area contributed by atoms with Gasteiger partial charge in [-0.15, -0.1) is 0 Å². The maximum Gasteiger partial charge on any atom is 0.416 e. The highest BCUT2D eigenvalue weighted by Gasteiger charge is 2.38. The monoisotopic (exact) mass is 435 g/mol. The van der Waals surface area contributed by atoms with Crippen LogP contribution in [0, 0.1) is 6.92 Å². The smallest absolute Gasteiger partial charge is 0.326 e. The maximum atomic E-state index is 12.9. The van der Waals surface area contributed by atoms with Gasteiger partial charge in [0.1, 0.15) is 5.25 Å². The molecule has 0 radical (unpaired) electrons. The van der Waals surface area contributed by atoms with Crippen LogP contribution in [-0.4, -0.2) is 33.7 Å². The fraction of sp³-hybridized carbons (Fsp3) is 0.286. The highest BCUT2D eigenvalue weighted by atomic mass is 32.2. The minimum absolute atomic E-state index is 0.0600. The van der Waals surface area contributed by atoms with Gasteiger partial charge in [-0.3, -0.25) is 14.5 Å². The average molecular weight is 435 g/mol. The van der Waals surface area contributed by atoms with E-state index in [1.165, 1.54) is 17.0 Å². The van der Waals surface area contributed by atoms with E-state index in [4.69, 9.17) is 0 Å². The summed E-state index contributed by atoms with van der Waals surface area (Å²) in [5.41, 5.74) is 0.923. The van der Waals surface area contributed by atoms with Gasteiger partial charge >= 0.3 is 6.18 Å². The fourth-order valence-corrected chi connectivity index (χ4v) is 4.20. The van der Waals surface area contributed by atoms with Crippen molar-refractivity contribution in [3.05, 3.63) is 59.7 Å². The number of rotatable bonds is 5. The molecule has 1 fully saturated rings. The number of alkyl halides is 3. The number of carbonyl (C=O) groups is 2. The van der Waals surface area contributed by atoms with Crippen LogP contribution in [0.15, 0.2) is 53.5 Å². The molecule has 2 aromatic carbocycles. The van der Waals surface area contributed by atoms with Crippen molar-refractivity contribution in [2.45, 2.75) is 31.7 Å². The van der Waals surface area contributed by atoms with Crippen molar-refractivity contribution in [2.24, 2.45) is 4.99 Å². The minimum atomic E-state index is -4.48. The minimum Gasteiger partial charge on any atom is -0.326 e. The van der Waals surface area contributed by atoms with Gasteiger partial charge in [0.25, 0.3) is 0 Å². The number of aryl methyl sites for hydroxylation is 1. The predicted molar refractivity (Wildman–Crippen MR) is 112 cm³/mol. The first-order chi connectivity index (χ1) is 14.2. The molecule has 0 saturated carbocycles. The van der Waals surface area contributed by atoms with Crippen molar-refractivity contribution in [2.75, 3.05) is 11.9 Å². The SMILES string of the molecule is CCN1C(=O)[C@@H](CC(=O)Nc2cccc(C)c2)SC1=Nc1cccc(C(F)(F)F)c1. The van der Waals surface area contributed by atoms with Gasteiger partial charge in [0, 0.05) is 18.7 Å². The molecule has 1 aliphatic rings. The number of hydrogen-bond donors (Lipinski definition) is 1. The predicted octanol–water partition coefficient (Wildman–Crippen LogP) is 4.99. The number of amides is 2. The molecule has 30 heavy (non-hydrogen) atoms. The molecule has 1 aliphatic heterocycles. The first kappa shape index (κ1) is 21.9. The Balaban J connectivity index is 1.75. The Bertz CT molecular complexity index is 991. The standard InChI is InChI=1S/C21H20F3N3O2S/c1-3-27-19(29)17(12-18(28)25-15-8-4-6-13(2)10-15)30-20(27)26-16-9-5-7-14(11-16)21(22,23)24/h4-11,17H,3,12H2,1-2H3,(H,25,28)/t17-/m1/s1. The summed E-state index contributed by atoms with van der Waals surface area (Å²) in [6.07, 6.45) is -4.54. The third-order valence-electron chi connectivity index (χ3n) is 4.41. The number of carbonyl (C=O) groups excluding carboxylic acids is 2. The van der Waals surface area contributed by atoms with Gasteiger partial charge in [-0.1, -0.05) is 30.0 Å². The van der Waals surface area contributed by atoms with Crippen molar-refractivity contribution < 1.29 is 22.8 Å². The van der Waals surface area contributed by atoms with Crippen molar-refractivity contribution in [3.8, 4) is 0 Å². The number of benzene rings is 2. The van der Waals surface area contributed by atoms with E-state index in [1.807, 2.05) is 25.1 Å². The zero-order valence-corrected chi connectivity index (χ0v) is 17.2. The molecule has 9 heteroatoms. The molecule has 1 N–H and O–H groups in total. The molecule has 0 aliphatic carbocycles. The highest BCUT2D eigenvalue weighted by molar-refractivity contribution is 8.15. The van der Waals surface area contributed by atoms with E-state index >= 15 is 0 Å². The molecule has 1 saturated heterocycles. The van der Waals surface area contributed by atoms with Crippen LogP contribution < -0.4 is 5.32 Å². The molecule has 2 amide bonds. The molecule has 1 heterocycles. The molecule has 0 aromatic heterocycles. The molecule has 0 unspecified atom stereocenters. The number of thioether (sulfide) groups is 1. The first-order valence-corrected chi connectivity index (χ1v) is 10.2. The number of anilines is 1. The van der Waals surface area contributed by atoms with Gasteiger partial charge in [0.2, 0.25) is 11.8 Å². The van der Waals surface area contributed by atoms with E-state index in [9.17, 15) is 22.8 Å². The number of aliphatic imine (C=N–C) groups is 1. The van der Waals surface area contributed by atoms with Gasteiger partial charge in [0.15, 0.2) is 5.17 Å². The Morgan fingerprint density at radius 2 is 1.93 bits per heavy atom. The van der Waals surface area contributed by atoms with Crippen molar-refractivity contribution in [1.82, 2.24) is 4.90 Å². The van der Waals surface area contributed by atoms with Gasteiger partial charge in [0.05, 0.1) is 11.3 Å².